The molecule has 2 bridgehead atoms. The van der Waals surface area contributed by atoms with Gasteiger partial charge in [-0.2, -0.15) is 23.4 Å². The van der Waals surface area contributed by atoms with E-state index in [-0.39, 0.29) is 29.0 Å². The van der Waals surface area contributed by atoms with Gasteiger partial charge < -0.3 is 10.2 Å². The van der Waals surface area contributed by atoms with Gasteiger partial charge in [0.1, 0.15) is 5.82 Å². The lowest BCUT2D eigenvalue weighted by atomic mass is 9.74. The van der Waals surface area contributed by atoms with Gasteiger partial charge in [-0.25, -0.2) is 9.18 Å². The number of carbonyl (C=O) groups is 1. The number of aromatic nitrogens is 2. The predicted octanol–water partition coefficient (Wildman–Crippen LogP) is 4.71. The van der Waals surface area contributed by atoms with E-state index < -0.39 is 23.6 Å². The number of urea groups is 1. The fourth-order valence-electron chi connectivity index (χ4n) is 4.22. The van der Waals surface area contributed by atoms with Gasteiger partial charge >= 0.3 is 12.2 Å². The summed E-state index contributed by atoms with van der Waals surface area (Å²) in [6, 6.07) is 3.86. The van der Waals surface area contributed by atoms with Crippen LogP contribution in [0.2, 0.25) is 0 Å². The summed E-state index contributed by atoms with van der Waals surface area (Å²) in [4.78, 5) is 14.3. The van der Waals surface area contributed by atoms with Gasteiger partial charge in [0.25, 0.3) is 0 Å². The van der Waals surface area contributed by atoms with Crippen molar-refractivity contribution in [3.05, 3.63) is 41.8 Å². The highest BCUT2D eigenvalue weighted by Crippen LogP contribution is 2.42. The molecular formula is C19H18F4N4O. The van der Waals surface area contributed by atoms with Crippen molar-refractivity contribution in [3.63, 3.8) is 0 Å². The zero-order valence-electron chi connectivity index (χ0n) is 15.0. The van der Waals surface area contributed by atoms with Crippen LogP contribution in [0.5, 0.6) is 0 Å². The Bertz CT molecular complexity index is 891. The van der Waals surface area contributed by atoms with Crippen molar-refractivity contribution < 1.29 is 22.4 Å². The third kappa shape index (κ3) is 3.29. The molecule has 0 spiro atoms. The SMILES string of the molecule is CC1CC2CC(C1)N2C(=O)Nc1cc(-c2cccnn2)c(C(F)(F)F)cc1F. The van der Waals surface area contributed by atoms with Crippen molar-refractivity contribution in [1.82, 2.24) is 15.1 Å². The number of hydrogen-bond acceptors (Lipinski definition) is 3. The average Bonchev–Trinajstić information content (AvgIpc) is 2.62. The number of fused-ring (bicyclic) bond motifs is 2. The number of amides is 2. The summed E-state index contributed by atoms with van der Waals surface area (Å²) in [7, 11) is 0. The summed E-state index contributed by atoms with van der Waals surface area (Å²) in [6.07, 6.45) is -0.778. The molecule has 5 rings (SSSR count). The van der Waals surface area contributed by atoms with Crippen LogP contribution in [0.4, 0.5) is 28.0 Å². The monoisotopic (exact) mass is 394 g/mol. The van der Waals surface area contributed by atoms with Crippen molar-refractivity contribution in [2.75, 3.05) is 5.32 Å². The number of hydrogen-bond donors (Lipinski definition) is 1. The Hall–Kier alpha value is -2.71. The molecule has 3 aliphatic rings. The minimum atomic E-state index is -4.78. The molecule has 2 aromatic rings. The van der Waals surface area contributed by atoms with E-state index in [9.17, 15) is 22.4 Å². The van der Waals surface area contributed by atoms with Gasteiger partial charge in [0.15, 0.2) is 0 Å². The molecular weight excluding hydrogens is 376 g/mol. The molecule has 1 aliphatic carbocycles. The highest BCUT2D eigenvalue weighted by atomic mass is 19.4. The van der Waals surface area contributed by atoms with Crippen molar-refractivity contribution in [1.29, 1.82) is 0 Å². The quantitative estimate of drug-likeness (QED) is 0.751. The van der Waals surface area contributed by atoms with E-state index in [1.165, 1.54) is 18.3 Å². The number of benzene rings is 1. The maximum atomic E-state index is 14.4. The Balaban J connectivity index is 1.66. The lowest BCUT2D eigenvalue weighted by molar-refractivity contribution is -0.137. The molecule has 2 amide bonds. The molecule has 2 atom stereocenters. The van der Waals surface area contributed by atoms with Crippen LogP contribution in [0, 0.1) is 11.7 Å². The lowest BCUT2D eigenvalue weighted by Gasteiger charge is -2.54. The molecule has 9 heteroatoms. The second-order valence-electron chi connectivity index (χ2n) is 7.44. The Morgan fingerprint density at radius 1 is 1.21 bits per heavy atom. The number of nitrogens with one attached hydrogen (secondary N) is 1. The predicted molar refractivity (Wildman–Crippen MR) is 93.9 cm³/mol. The second kappa shape index (κ2) is 6.72. The number of carbonyl (C=O) groups excluding carboxylic acids is 1. The topological polar surface area (TPSA) is 58.1 Å². The van der Waals surface area contributed by atoms with Crippen LogP contribution < -0.4 is 5.32 Å². The maximum absolute atomic E-state index is 14.4. The van der Waals surface area contributed by atoms with Gasteiger partial charge in [0.2, 0.25) is 0 Å². The first-order valence-corrected chi connectivity index (χ1v) is 9.02. The van der Waals surface area contributed by atoms with Gasteiger partial charge in [-0.1, -0.05) is 6.92 Å². The average molecular weight is 394 g/mol. The first kappa shape index (κ1) is 18.6. The fraction of sp³-hybridized carbons (Fsp3) is 0.421. The molecule has 2 saturated heterocycles. The standard InChI is InChI=1S/C19H18F4N4O/c1-10-5-11-7-12(6-10)27(11)18(28)25-17-8-13(16-3-2-4-24-26-16)14(9-15(17)20)19(21,22)23/h2-4,8-12H,5-7H2,1H3,(H,25,28). The van der Waals surface area contributed by atoms with Crippen LogP contribution in [0.25, 0.3) is 11.3 Å². The molecule has 1 saturated carbocycles. The zero-order valence-corrected chi connectivity index (χ0v) is 15.0. The molecule has 0 radical (unpaired) electrons. The van der Waals surface area contributed by atoms with E-state index in [4.69, 9.17) is 0 Å². The van der Waals surface area contributed by atoms with E-state index in [2.05, 4.69) is 22.4 Å². The zero-order chi connectivity index (χ0) is 20.1. The number of anilines is 1. The third-order valence-corrected chi connectivity index (χ3v) is 5.42. The largest absolute Gasteiger partial charge is 0.417 e. The van der Waals surface area contributed by atoms with Crippen LogP contribution in [-0.4, -0.2) is 33.2 Å². The third-order valence-electron chi connectivity index (χ3n) is 5.42. The number of halogens is 4. The fourth-order valence-corrected chi connectivity index (χ4v) is 4.22. The number of alkyl halides is 3. The normalized spacial score (nSPS) is 23.9. The van der Waals surface area contributed by atoms with Crippen molar-refractivity contribution in [2.45, 2.75) is 44.4 Å². The Labute approximate surface area is 158 Å². The van der Waals surface area contributed by atoms with Crippen molar-refractivity contribution >= 4 is 11.7 Å². The Kier molecular flexibility index (Phi) is 4.47. The summed E-state index contributed by atoms with van der Waals surface area (Å²) in [5.74, 6) is -0.619. The van der Waals surface area contributed by atoms with Crippen molar-refractivity contribution in [2.24, 2.45) is 5.92 Å². The summed E-state index contributed by atoms with van der Waals surface area (Å²) in [6.45, 7) is 2.12. The molecule has 3 heterocycles. The number of piperidine rings is 1. The van der Waals surface area contributed by atoms with Gasteiger partial charge in [-0.15, -0.1) is 0 Å². The number of rotatable bonds is 2. The molecule has 1 aromatic carbocycles. The van der Waals surface area contributed by atoms with Gasteiger partial charge in [0, 0.05) is 23.8 Å². The van der Waals surface area contributed by atoms with E-state index in [0.29, 0.717) is 12.0 Å². The van der Waals surface area contributed by atoms with E-state index in [1.807, 2.05) is 0 Å². The summed E-state index contributed by atoms with van der Waals surface area (Å²) in [5.41, 5.74) is -1.87. The first-order chi connectivity index (χ1) is 13.2. The van der Waals surface area contributed by atoms with E-state index in [1.54, 1.807) is 4.90 Å². The van der Waals surface area contributed by atoms with Gasteiger partial charge in [-0.3, -0.25) is 0 Å². The molecule has 28 heavy (non-hydrogen) atoms. The maximum Gasteiger partial charge on any atom is 0.417 e. The summed E-state index contributed by atoms with van der Waals surface area (Å²) < 4.78 is 54.6. The van der Waals surface area contributed by atoms with Gasteiger partial charge in [-0.05, 0) is 49.4 Å². The molecule has 2 aliphatic heterocycles. The smallest absolute Gasteiger partial charge is 0.318 e. The minimum Gasteiger partial charge on any atom is -0.318 e. The summed E-state index contributed by atoms with van der Waals surface area (Å²) >= 11 is 0. The highest BCUT2D eigenvalue weighted by Gasteiger charge is 2.46. The van der Waals surface area contributed by atoms with Crippen LogP contribution in [0.1, 0.15) is 31.7 Å². The first-order valence-electron chi connectivity index (χ1n) is 9.02. The van der Waals surface area contributed by atoms with Gasteiger partial charge in [0.05, 0.1) is 16.9 Å². The Morgan fingerprint density at radius 2 is 1.93 bits per heavy atom. The molecule has 1 aromatic heterocycles. The van der Waals surface area contributed by atoms with Crippen LogP contribution >= 0.6 is 0 Å². The van der Waals surface area contributed by atoms with Crippen LogP contribution in [0.15, 0.2) is 30.5 Å². The molecule has 148 valence electrons. The summed E-state index contributed by atoms with van der Waals surface area (Å²) in [5, 5.41) is 9.72. The molecule has 3 fully saturated rings. The Morgan fingerprint density at radius 3 is 2.54 bits per heavy atom. The molecule has 5 nitrogen and oxygen atoms in total. The highest BCUT2D eigenvalue weighted by molar-refractivity contribution is 5.91. The minimum absolute atomic E-state index is 0.0556. The van der Waals surface area contributed by atoms with Crippen LogP contribution in [-0.2, 0) is 6.18 Å². The van der Waals surface area contributed by atoms with Crippen molar-refractivity contribution in [3.8, 4) is 11.3 Å². The molecule has 2 unspecified atom stereocenters. The van der Waals surface area contributed by atoms with Crippen LogP contribution in [0.3, 0.4) is 0 Å². The van der Waals surface area contributed by atoms with E-state index >= 15 is 0 Å². The lowest BCUT2D eigenvalue weighted by Crippen LogP contribution is -2.63. The van der Waals surface area contributed by atoms with E-state index in [0.717, 1.165) is 25.3 Å². The second-order valence-corrected chi connectivity index (χ2v) is 7.44. The number of nitrogens with zero attached hydrogens (tertiary/aromatic N) is 3. The molecule has 1 N–H and O–H groups in total.